The summed E-state index contributed by atoms with van der Waals surface area (Å²) in [5.41, 5.74) is -0.887. The first kappa shape index (κ1) is 21.0. The van der Waals surface area contributed by atoms with E-state index in [-0.39, 0.29) is 38.3 Å². The lowest BCUT2D eigenvalue weighted by molar-refractivity contribution is -0.157. The highest BCUT2D eigenvalue weighted by molar-refractivity contribution is 7.53. The summed E-state index contributed by atoms with van der Waals surface area (Å²) in [6.07, 6.45) is 1.71. The number of nitrogens with zero attached hydrogens (tertiary/aromatic N) is 2. The predicted octanol–water partition coefficient (Wildman–Crippen LogP) is 0.781. The summed E-state index contributed by atoms with van der Waals surface area (Å²) >= 11 is 0. The zero-order chi connectivity index (χ0) is 19.2. The van der Waals surface area contributed by atoms with Crippen LogP contribution in [0.2, 0.25) is 0 Å². The van der Waals surface area contributed by atoms with E-state index < -0.39 is 18.8 Å². The Morgan fingerprint density at radius 1 is 1.31 bits per heavy atom. The molecule has 148 valence electrons. The predicted molar refractivity (Wildman–Crippen MR) is 94.0 cm³/mol. The molecular formula is C15H26N3O7P. The quantitative estimate of drug-likeness (QED) is 0.583. The van der Waals surface area contributed by atoms with Gasteiger partial charge in [-0.2, -0.15) is 5.06 Å². The molecule has 2 heterocycles. The highest BCUT2D eigenvalue weighted by Crippen LogP contribution is 2.47. The van der Waals surface area contributed by atoms with Crippen molar-refractivity contribution >= 4 is 7.60 Å². The molecule has 1 aliphatic heterocycles. The van der Waals surface area contributed by atoms with E-state index in [1.165, 1.54) is 16.8 Å². The van der Waals surface area contributed by atoms with Crippen molar-refractivity contribution in [1.29, 1.82) is 0 Å². The third kappa shape index (κ3) is 5.87. The van der Waals surface area contributed by atoms with E-state index in [2.05, 4.69) is 4.98 Å². The monoisotopic (exact) mass is 391 g/mol. The van der Waals surface area contributed by atoms with Crippen LogP contribution in [0.15, 0.2) is 21.9 Å². The molecule has 1 aliphatic rings. The number of likely N-dealkylation sites (N-methyl/N-ethyl adjacent to an activating group) is 1. The van der Waals surface area contributed by atoms with E-state index >= 15 is 0 Å². The van der Waals surface area contributed by atoms with Gasteiger partial charge in [-0.1, -0.05) is 0 Å². The molecule has 10 nitrogen and oxygen atoms in total. The number of hydrogen-bond acceptors (Lipinski definition) is 8. The number of rotatable bonds is 10. The van der Waals surface area contributed by atoms with Gasteiger partial charge in [0.15, 0.2) is 0 Å². The zero-order valence-corrected chi connectivity index (χ0v) is 16.1. The van der Waals surface area contributed by atoms with Crippen molar-refractivity contribution in [1.82, 2.24) is 14.6 Å². The number of ether oxygens (including phenoxy) is 1. The molecule has 0 amide bonds. The second-order valence-electron chi connectivity index (χ2n) is 5.87. The lowest BCUT2D eigenvalue weighted by Gasteiger charge is -2.18. The molecule has 1 aromatic rings. The molecule has 0 aromatic carbocycles. The first-order chi connectivity index (χ1) is 12.4. The highest BCUT2D eigenvalue weighted by atomic mass is 31.2. The van der Waals surface area contributed by atoms with E-state index in [0.29, 0.717) is 13.0 Å². The Labute approximate surface area is 151 Å². The lowest BCUT2D eigenvalue weighted by atomic mass is 10.1. The molecule has 2 rings (SSSR count). The van der Waals surface area contributed by atoms with Gasteiger partial charge in [-0.25, -0.2) is 4.79 Å². The van der Waals surface area contributed by atoms with E-state index in [4.69, 9.17) is 18.6 Å². The van der Waals surface area contributed by atoms with Gasteiger partial charge in [0.1, 0.15) is 12.5 Å². The Kier molecular flexibility index (Phi) is 7.75. The van der Waals surface area contributed by atoms with Crippen LogP contribution in [0.5, 0.6) is 0 Å². The van der Waals surface area contributed by atoms with Gasteiger partial charge in [0.05, 0.1) is 25.9 Å². The number of nitrogens with one attached hydrogen (secondary N) is 1. The average molecular weight is 391 g/mol. The molecule has 1 saturated heterocycles. The summed E-state index contributed by atoms with van der Waals surface area (Å²) < 4.78 is 29.6. The van der Waals surface area contributed by atoms with E-state index in [1.807, 2.05) is 0 Å². The standard InChI is InChI=1S/C15H26N3O7P/c1-4-23-26(21,24-5-2)11-22-10-13-8-12(17(3)25-13)9-18-7-6-14(19)16-15(18)20/h6-7,12-13H,4-5,8-11H2,1-3H3,(H,16,19,20)/t12-,13+/m0/s1. The van der Waals surface area contributed by atoms with Crippen LogP contribution in [0.1, 0.15) is 20.3 Å². The first-order valence-corrected chi connectivity index (χ1v) is 10.2. The molecule has 1 fully saturated rings. The van der Waals surface area contributed by atoms with Gasteiger partial charge >= 0.3 is 13.3 Å². The van der Waals surface area contributed by atoms with Crippen molar-refractivity contribution < 1.29 is 23.2 Å². The summed E-state index contributed by atoms with van der Waals surface area (Å²) in [7, 11) is -1.47. The van der Waals surface area contributed by atoms with Crippen LogP contribution < -0.4 is 11.2 Å². The van der Waals surface area contributed by atoms with E-state index in [9.17, 15) is 14.2 Å². The highest BCUT2D eigenvalue weighted by Gasteiger charge is 2.32. The fourth-order valence-corrected chi connectivity index (χ4v) is 4.06. The molecule has 2 atom stereocenters. The average Bonchev–Trinajstić information content (AvgIpc) is 2.90. The van der Waals surface area contributed by atoms with Gasteiger partial charge < -0.3 is 13.8 Å². The van der Waals surface area contributed by atoms with Crippen LogP contribution in [-0.4, -0.2) is 60.0 Å². The van der Waals surface area contributed by atoms with E-state index in [1.54, 1.807) is 26.0 Å². The van der Waals surface area contributed by atoms with Crippen molar-refractivity contribution in [2.45, 2.75) is 39.0 Å². The second-order valence-corrected chi connectivity index (χ2v) is 7.87. The van der Waals surface area contributed by atoms with Crippen LogP contribution >= 0.6 is 7.60 Å². The molecule has 0 bridgehead atoms. The fraction of sp³-hybridized carbons (Fsp3) is 0.733. The summed E-state index contributed by atoms with van der Waals surface area (Å²) in [4.78, 5) is 30.8. The molecule has 0 saturated carbocycles. The molecule has 11 heteroatoms. The summed E-state index contributed by atoms with van der Waals surface area (Å²) in [6, 6.07) is 1.24. The van der Waals surface area contributed by atoms with Crippen molar-refractivity contribution in [2.75, 3.05) is 33.2 Å². The minimum atomic E-state index is -3.24. The summed E-state index contributed by atoms with van der Waals surface area (Å²) in [5, 5.41) is 1.66. The Bertz CT molecular complexity index is 724. The molecule has 0 radical (unpaired) electrons. The fourth-order valence-electron chi connectivity index (χ4n) is 2.72. The molecule has 1 aromatic heterocycles. The Hall–Kier alpha value is -1.29. The molecule has 0 spiro atoms. The number of aromatic amines is 1. The molecular weight excluding hydrogens is 365 g/mol. The van der Waals surface area contributed by atoms with Crippen molar-refractivity contribution in [2.24, 2.45) is 0 Å². The minimum Gasteiger partial charge on any atom is -0.366 e. The van der Waals surface area contributed by atoms with Gasteiger partial charge in [-0.3, -0.25) is 23.7 Å². The van der Waals surface area contributed by atoms with Gasteiger partial charge in [0.25, 0.3) is 5.56 Å². The maximum Gasteiger partial charge on any atom is 0.356 e. The number of hydroxylamine groups is 2. The third-order valence-electron chi connectivity index (χ3n) is 3.87. The number of H-pyrrole nitrogens is 1. The van der Waals surface area contributed by atoms with Crippen molar-refractivity contribution in [3.63, 3.8) is 0 Å². The maximum absolute atomic E-state index is 12.3. The van der Waals surface area contributed by atoms with Gasteiger partial charge in [0, 0.05) is 25.9 Å². The minimum absolute atomic E-state index is 0.0576. The van der Waals surface area contributed by atoms with E-state index in [0.717, 1.165) is 0 Å². The SMILES string of the molecule is CCOP(=O)(COC[C@H]1C[C@@H](Cn2ccc(=O)[nH]c2=O)N(C)O1)OCC. The Morgan fingerprint density at radius 2 is 2.00 bits per heavy atom. The Balaban J connectivity index is 1.85. The number of hydrogen-bond donors (Lipinski definition) is 1. The third-order valence-corrected chi connectivity index (χ3v) is 5.68. The van der Waals surface area contributed by atoms with Crippen LogP contribution in [-0.2, 0) is 29.7 Å². The Morgan fingerprint density at radius 3 is 2.62 bits per heavy atom. The molecule has 0 aliphatic carbocycles. The topological polar surface area (TPSA) is 112 Å². The van der Waals surface area contributed by atoms with Crippen LogP contribution in [0.25, 0.3) is 0 Å². The van der Waals surface area contributed by atoms with Crippen LogP contribution in [0.3, 0.4) is 0 Å². The number of aromatic nitrogens is 2. The van der Waals surface area contributed by atoms with Gasteiger partial charge in [-0.15, -0.1) is 0 Å². The molecule has 0 unspecified atom stereocenters. The van der Waals surface area contributed by atoms with Gasteiger partial charge in [-0.05, 0) is 20.3 Å². The molecule has 1 N–H and O–H groups in total. The normalized spacial score (nSPS) is 21.3. The summed E-state index contributed by atoms with van der Waals surface area (Å²) in [6.45, 7) is 4.64. The van der Waals surface area contributed by atoms with Crippen molar-refractivity contribution in [3.05, 3.63) is 33.1 Å². The van der Waals surface area contributed by atoms with Crippen LogP contribution in [0.4, 0.5) is 0 Å². The second kappa shape index (κ2) is 9.59. The van der Waals surface area contributed by atoms with Crippen LogP contribution in [0, 0.1) is 0 Å². The van der Waals surface area contributed by atoms with Crippen molar-refractivity contribution in [3.8, 4) is 0 Å². The maximum atomic E-state index is 12.3. The lowest BCUT2D eigenvalue weighted by Crippen LogP contribution is -2.36. The first-order valence-electron chi connectivity index (χ1n) is 8.52. The summed E-state index contributed by atoms with van der Waals surface area (Å²) in [5.74, 6) is 0. The largest absolute Gasteiger partial charge is 0.366 e. The smallest absolute Gasteiger partial charge is 0.356 e. The zero-order valence-electron chi connectivity index (χ0n) is 15.3. The molecule has 26 heavy (non-hydrogen) atoms. The van der Waals surface area contributed by atoms with Gasteiger partial charge in [0.2, 0.25) is 0 Å².